The first-order chi connectivity index (χ1) is 14.6. The molecule has 2 aromatic heterocycles. The molecule has 0 unspecified atom stereocenters. The predicted molar refractivity (Wildman–Crippen MR) is 119 cm³/mol. The average Bonchev–Trinajstić information content (AvgIpc) is 3.34. The van der Waals surface area contributed by atoms with Gasteiger partial charge in [0.2, 0.25) is 0 Å². The van der Waals surface area contributed by atoms with E-state index < -0.39 is 0 Å². The third-order valence-corrected chi connectivity index (χ3v) is 6.82. The Bertz CT molecular complexity index is 1180. The molecule has 8 nitrogen and oxygen atoms in total. The molecule has 4 heterocycles. The molecule has 152 valence electrons. The van der Waals surface area contributed by atoms with Gasteiger partial charge >= 0.3 is 0 Å². The zero-order valence-electron chi connectivity index (χ0n) is 16.2. The summed E-state index contributed by atoms with van der Waals surface area (Å²) in [5.74, 6) is -0.369. The summed E-state index contributed by atoms with van der Waals surface area (Å²) in [7, 11) is 2.13. The molecule has 3 aromatic rings. The van der Waals surface area contributed by atoms with Crippen molar-refractivity contribution in [1.82, 2.24) is 25.2 Å². The van der Waals surface area contributed by atoms with Gasteiger partial charge in [0.1, 0.15) is 17.7 Å². The molecule has 2 aliphatic heterocycles. The Morgan fingerprint density at radius 2 is 1.97 bits per heavy atom. The normalized spacial score (nSPS) is 19.1. The van der Waals surface area contributed by atoms with E-state index in [0.717, 1.165) is 70.9 Å². The fourth-order valence-electron chi connectivity index (χ4n) is 3.46. The number of carbonyl (C=O) groups excluding carboxylic acids is 2. The number of aromatic nitrogens is 3. The highest BCUT2D eigenvalue weighted by atomic mass is 32.2. The van der Waals surface area contributed by atoms with E-state index in [1.165, 1.54) is 0 Å². The van der Waals surface area contributed by atoms with Gasteiger partial charge in [-0.3, -0.25) is 14.9 Å². The highest BCUT2D eigenvalue weighted by Gasteiger charge is 2.25. The summed E-state index contributed by atoms with van der Waals surface area (Å²) < 4.78 is 0. The molecule has 0 aliphatic carbocycles. The van der Waals surface area contributed by atoms with Gasteiger partial charge in [-0.1, -0.05) is 6.07 Å². The number of fused-ring (bicyclic) bond motifs is 1. The van der Waals surface area contributed by atoms with Crippen LogP contribution in [-0.2, 0) is 4.79 Å². The lowest BCUT2D eigenvalue weighted by molar-refractivity contribution is -0.115. The third-order valence-electron chi connectivity index (χ3n) is 5.11. The molecule has 2 fully saturated rings. The van der Waals surface area contributed by atoms with Crippen molar-refractivity contribution in [1.29, 1.82) is 0 Å². The number of amides is 2. The smallest absolute Gasteiger partial charge is 0.290 e. The maximum atomic E-state index is 11.9. The summed E-state index contributed by atoms with van der Waals surface area (Å²) >= 11 is 2.53. The van der Waals surface area contributed by atoms with Crippen LogP contribution in [0.25, 0.3) is 28.4 Å². The van der Waals surface area contributed by atoms with Crippen LogP contribution in [0.3, 0.4) is 0 Å². The number of rotatable bonds is 3. The number of hydrogen-bond acceptors (Lipinski definition) is 9. The zero-order valence-corrected chi connectivity index (χ0v) is 17.8. The van der Waals surface area contributed by atoms with Crippen molar-refractivity contribution in [2.75, 3.05) is 38.1 Å². The Hall–Kier alpha value is -2.82. The van der Waals surface area contributed by atoms with Crippen molar-refractivity contribution < 1.29 is 9.59 Å². The van der Waals surface area contributed by atoms with Crippen LogP contribution in [0.1, 0.15) is 5.56 Å². The fourth-order valence-corrected chi connectivity index (χ4v) is 5.00. The van der Waals surface area contributed by atoms with Crippen LogP contribution in [0.2, 0.25) is 0 Å². The molecule has 2 aliphatic rings. The van der Waals surface area contributed by atoms with Crippen molar-refractivity contribution in [2.45, 2.75) is 0 Å². The number of benzene rings is 1. The Morgan fingerprint density at radius 1 is 1.13 bits per heavy atom. The van der Waals surface area contributed by atoms with Crippen molar-refractivity contribution in [2.24, 2.45) is 0 Å². The number of imide groups is 1. The highest BCUT2D eigenvalue weighted by Crippen LogP contribution is 2.32. The molecular formula is C20H18N6O2S2. The van der Waals surface area contributed by atoms with Crippen molar-refractivity contribution >= 4 is 56.4 Å². The molecule has 5 rings (SSSR count). The van der Waals surface area contributed by atoms with Gasteiger partial charge in [0.25, 0.3) is 11.1 Å². The van der Waals surface area contributed by atoms with Crippen LogP contribution in [0.5, 0.6) is 0 Å². The number of nitrogens with zero attached hydrogens (tertiary/aromatic N) is 5. The Labute approximate surface area is 181 Å². The molecule has 0 saturated carbocycles. The number of nitrogens with one attached hydrogen (secondary N) is 1. The first kappa shape index (κ1) is 19.2. The minimum atomic E-state index is -0.369. The number of piperazine rings is 1. The highest BCUT2D eigenvalue weighted by molar-refractivity contribution is 8.18. The van der Waals surface area contributed by atoms with Gasteiger partial charge in [-0.05, 0) is 42.6 Å². The van der Waals surface area contributed by atoms with Crippen molar-refractivity contribution in [3.63, 3.8) is 0 Å². The summed E-state index contributed by atoms with van der Waals surface area (Å²) in [5.41, 5.74) is 3.18. The van der Waals surface area contributed by atoms with Gasteiger partial charge in [-0.15, -0.1) is 11.3 Å². The summed E-state index contributed by atoms with van der Waals surface area (Å²) in [6, 6.07) is 5.70. The minimum Gasteiger partial charge on any atom is -0.346 e. The van der Waals surface area contributed by atoms with Crippen LogP contribution in [0, 0.1) is 0 Å². The van der Waals surface area contributed by atoms with Gasteiger partial charge in [0.15, 0.2) is 5.13 Å². The van der Waals surface area contributed by atoms with E-state index in [1.807, 2.05) is 23.6 Å². The van der Waals surface area contributed by atoms with E-state index in [0.29, 0.717) is 4.91 Å². The van der Waals surface area contributed by atoms with Crippen LogP contribution in [0.4, 0.5) is 9.93 Å². The van der Waals surface area contributed by atoms with Crippen LogP contribution in [-0.4, -0.2) is 64.2 Å². The van der Waals surface area contributed by atoms with E-state index in [1.54, 1.807) is 23.7 Å². The van der Waals surface area contributed by atoms with Crippen molar-refractivity contribution in [3.05, 3.63) is 40.4 Å². The maximum absolute atomic E-state index is 11.9. The SMILES string of the molecule is CN1CCN(c2nc(-c3ncnc4ccc(C=C5SC(=O)NC5=O)cc34)cs2)CC1. The molecule has 2 saturated heterocycles. The molecular weight excluding hydrogens is 420 g/mol. The monoisotopic (exact) mass is 438 g/mol. The third kappa shape index (κ3) is 3.69. The largest absolute Gasteiger partial charge is 0.346 e. The molecule has 1 N–H and O–H groups in total. The topological polar surface area (TPSA) is 91.3 Å². The molecule has 2 amide bonds. The lowest BCUT2D eigenvalue weighted by Crippen LogP contribution is -2.44. The molecule has 0 radical (unpaired) electrons. The number of thiazole rings is 1. The lowest BCUT2D eigenvalue weighted by Gasteiger charge is -2.32. The Morgan fingerprint density at radius 3 is 2.73 bits per heavy atom. The van der Waals surface area contributed by atoms with Gasteiger partial charge in [-0.2, -0.15) is 0 Å². The second-order valence-electron chi connectivity index (χ2n) is 7.16. The number of hydrogen-bond donors (Lipinski definition) is 1. The number of anilines is 1. The summed E-state index contributed by atoms with van der Waals surface area (Å²) in [6.45, 7) is 3.98. The van der Waals surface area contributed by atoms with E-state index in [4.69, 9.17) is 4.98 Å². The average molecular weight is 439 g/mol. The fraction of sp³-hybridized carbons (Fsp3) is 0.250. The Balaban J connectivity index is 1.50. The maximum Gasteiger partial charge on any atom is 0.290 e. The van der Waals surface area contributed by atoms with E-state index in [-0.39, 0.29) is 11.1 Å². The molecule has 10 heteroatoms. The summed E-state index contributed by atoms with van der Waals surface area (Å²) in [6.07, 6.45) is 3.25. The molecule has 1 aromatic carbocycles. The molecule has 0 bridgehead atoms. The molecule has 0 spiro atoms. The summed E-state index contributed by atoms with van der Waals surface area (Å²) in [5, 5.41) is 5.81. The molecule has 30 heavy (non-hydrogen) atoms. The molecule has 0 atom stereocenters. The van der Waals surface area contributed by atoms with Crippen LogP contribution < -0.4 is 10.2 Å². The van der Waals surface area contributed by atoms with Gasteiger partial charge < -0.3 is 9.80 Å². The standard InChI is InChI=1S/C20H18N6O2S2/c1-25-4-6-26(7-5-25)19-23-15(10-29-19)17-13-8-12(2-3-14(13)21-11-22-17)9-16-18(27)24-20(28)30-16/h2-3,8-11H,4-7H2,1H3,(H,24,27,28). The zero-order chi connectivity index (χ0) is 20.7. The van der Waals surface area contributed by atoms with Crippen LogP contribution >= 0.6 is 23.1 Å². The van der Waals surface area contributed by atoms with E-state index in [2.05, 4.69) is 32.1 Å². The minimum absolute atomic E-state index is 0.352. The van der Waals surface area contributed by atoms with E-state index >= 15 is 0 Å². The van der Waals surface area contributed by atoms with Gasteiger partial charge in [0, 0.05) is 36.9 Å². The quantitative estimate of drug-likeness (QED) is 0.624. The second kappa shape index (κ2) is 7.78. The van der Waals surface area contributed by atoms with Crippen LogP contribution in [0.15, 0.2) is 34.8 Å². The number of thioether (sulfide) groups is 1. The second-order valence-corrected chi connectivity index (χ2v) is 9.01. The first-order valence-electron chi connectivity index (χ1n) is 9.46. The Kier molecular flexibility index (Phi) is 4.97. The van der Waals surface area contributed by atoms with Gasteiger partial charge in [-0.25, -0.2) is 15.0 Å². The lowest BCUT2D eigenvalue weighted by atomic mass is 10.1. The van der Waals surface area contributed by atoms with Crippen molar-refractivity contribution in [3.8, 4) is 11.4 Å². The number of carbonyl (C=O) groups is 2. The summed E-state index contributed by atoms with van der Waals surface area (Å²) in [4.78, 5) is 42.0. The first-order valence-corrected chi connectivity index (χ1v) is 11.2. The van der Waals surface area contributed by atoms with Gasteiger partial charge in [0.05, 0.1) is 10.4 Å². The predicted octanol–water partition coefficient (Wildman–Crippen LogP) is 2.83. The number of likely N-dealkylation sites (N-methyl/N-ethyl adjacent to an activating group) is 1. The van der Waals surface area contributed by atoms with E-state index in [9.17, 15) is 9.59 Å².